The van der Waals surface area contributed by atoms with E-state index in [4.69, 9.17) is 4.74 Å². The fraction of sp³-hybridized carbons (Fsp3) is 0.320. The normalized spacial score (nSPS) is 10.9. The molecular weight excluding hydrogens is 436 g/mol. The average Bonchev–Trinajstić information content (AvgIpc) is 2.80. The van der Waals surface area contributed by atoms with Crippen molar-refractivity contribution in [3.63, 3.8) is 0 Å². The molecule has 2 amide bonds. The number of carbonyl (C=O) groups is 3. The van der Waals surface area contributed by atoms with Gasteiger partial charge in [-0.2, -0.15) is 5.10 Å². The van der Waals surface area contributed by atoms with Gasteiger partial charge in [0.25, 0.3) is 11.5 Å². The van der Waals surface area contributed by atoms with Crippen molar-refractivity contribution in [3.8, 4) is 0 Å². The molecule has 0 aliphatic rings. The van der Waals surface area contributed by atoms with Crippen LogP contribution in [0.25, 0.3) is 10.8 Å². The Bertz CT molecular complexity index is 1260. The van der Waals surface area contributed by atoms with Gasteiger partial charge in [0, 0.05) is 24.7 Å². The van der Waals surface area contributed by atoms with E-state index in [9.17, 15) is 19.2 Å². The van der Waals surface area contributed by atoms with Crippen LogP contribution in [0.15, 0.2) is 53.3 Å². The Labute approximate surface area is 197 Å². The van der Waals surface area contributed by atoms with Gasteiger partial charge in [-0.3, -0.25) is 14.4 Å². The van der Waals surface area contributed by atoms with E-state index in [1.165, 1.54) is 16.6 Å². The highest BCUT2D eigenvalue weighted by Gasteiger charge is 2.21. The van der Waals surface area contributed by atoms with Gasteiger partial charge in [0.05, 0.1) is 11.9 Å². The molecule has 1 N–H and O–H groups in total. The van der Waals surface area contributed by atoms with Crippen LogP contribution in [-0.2, 0) is 20.9 Å². The third-order valence-electron chi connectivity index (χ3n) is 5.07. The number of benzene rings is 2. The summed E-state index contributed by atoms with van der Waals surface area (Å²) in [7, 11) is 1.45. The Hall–Kier alpha value is -4.01. The largest absolute Gasteiger partial charge is 0.451 e. The van der Waals surface area contributed by atoms with Crippen molar-refractivity contribution in [2.45, 2.75) is 27.3 Å². The number of anilines is 1. The monoisotopic (exact) mass is 464 g/mol. The summed E-state index contributed by atoms with van der Waals surface area (Å²) in [5.74, 6) is -1.61. The summed E-state index contributed by atoms with van der Waals surface area (Å²) < 4.78 is 6.44. The molecule has 0 bridgehead atoms. The summed E-state index contributed by atoms with van der Waals surface area (Å²) in [4.78, 5) is 51.3. The summed E-state index contributed by atoms with van der Waals surface area (Å²) in [6.45, 7) is 5.38. The van der Waals surface area contributed by atoms with Crippen LogP contribution in [0.5, 0.6) is 0 Å². The van der Waals surface area contributed by atoms with Crippen molar-refractivity contribution in [1.29, 1.82) is 0 Å². The Balaban J connectivity index is 1.66. The number of carbonyl (C=O) groups excluding carboxylic acids is 3. The quantitative estimate of drug-likeness (QED) is 0.513. The first-order valence-electron chi connectivity index (χ1n) is 10.9. The number of amides is 2. The number of fused-ring (bicyclic) bond motifs is 1. The van der Waals surface area contributed by atoms with Gasteiger partial charge in [-0.25, -0.2) is 9.48 Å². The lowest BCUT2D eigenvalue weighted by Gasteiger charge is -2.17. The molecule has 0 saturated heterocycles. The Morgan fingerprint density at radius 3 is 2.35 bits per heavy atom. The first-order chi connectivity index (χ1) is 16.2. The molecule has 2 aromatic carbocycles. The van der Waals surface area contributed by atoms with Crippen LogP contribution in [0.4, 0.5) is 5.69 Å². The van der Waals surface area contributed by atoms with E-state index in [-0.39, 0.29) is 29.6 Å². The highest BCUT2D eigenvalue weighted by atomic mass is 16.5. The van der Waals surface area contributed by atoms with Gasteiger partial charge in [-0.15, -0.1) is 0 Å². The molecule has 3 rings (SSSR count). The van der Waals surface area contributed by atoms with E-state index in [1.54, 1.807) is 36.4 Å². The van der Waals surface area contributed by atoms with Gasteiger partial charge in [-0.1, -0.05) is 49.7 Å². The van der Waals surface area contributed by atoms with Crippen molar-refractivity contribution >= 4 is 34.2 Å². The molecule has 0 atom stereocenters. The lowest BCUT2D eigenvalue weighted by molar-refractivity contribution is -0.136. The van der Waals surface area contributed by atoms with Crippen LogP contribution >= 0.6 is 0 Å². The maximum atomic E-state index is 12.8. The van der Waals surface area contributed by atoms with E-state index >= 15 is 0 Å². The van der Waals surface area contributed by atoms with Crippen molar-refractivity contribution in [3.05, 3.63) is 70.1 Å². The lowest BCUT2D eigenvalue weighted by Crippen LogP contribution is -2.37. The molecule has 1 heterocycles. The van der Waals surface area contributed by atoms with Gasteiger partial charge in [0.1, 0.15) is 0 Å². The molecule has 9 heteroatoms. The topological polar surface area (TPSA) is 111 Å². The summed E-state index contributed by atoms with van der Waals surface area (Å²) in [5, 5.41) is 7.62. The number of likely N-dealkylation sites (N-methyl/N-ethyl adjacent to an activating group) is 1. The summed E-state index contributed by atoms with van der Waals surface area (Å²) in [6, 6.07) is 13.9. The highest BCUT2D eigenvalue weighted by Crippen LogP contribution is 2.15. The fourth-order valence-electron chi connectivity index (χ4n) is 3.30. The summed E-state index contributed by atoms with van der Waals surface area (Å²) >= 11 is 0. The predicted octanol–water partition coefficient (Wildman–Crippen LogP) is 2.61. The van der Waals surface area contributed by atoms with Gasteiger partial charge in [-0.05, 0) is 31.0 Å². The van der Waals surface area contributed by atoms with Crippen molar-refractivity contribution in [2.75, 3.05) is 25.5 Å². The summed E-state index contributed by atoms with van der Waals surface area (Å²) in [6.07, 6.45) is 0. The van der Waals surface area contributed by atoms with Crippen LogP contribution in [0.3, 0.4) is 0 Å². The lowest BCUT2D eigenvalue weighted by atomic mass is 10.1. The second kappa shape index (κ2) is 10.7. The molecule has 1 aromatic heterocycles. The third kappa shape index (κ3) is 6.06. The number of nitrogens with zero attached hydrogens (tertiary/aromatic N) is 3. The second-order valence-electron chi connectivity index (χ2n) is 8.52. The standard InChI is InChI=1S/C25H28N4O5/c1-16(2)13-29-24(32)20-8-6-5-7-19(20)23(27-29)25(33)34-15-22(31)28(4)14-21(30)26-18-11-9-17(3)10-12-18/h5-12,16H,13-15H2,1-4H3,(H,26,30). The van der Waals surface area contributed by atoms with Crippen LogP contribution < -0.4 is 10.9 Å². The SMILES string of the molecule is Cc1ccc(NC(=O)CN(C)C(=O)COC(=O)c2nn(CC(C)C)c(=O)c3ccccc23)cc1. The maximum Gasteiger partial charge on any atom is 0.359 e. The van der Waals surface area contributed by atoms with Crippen LogP contribution in [0.1, 0.15) is 29.9 Å². The van der Waals surface area contributed by atoms with Crippen LogP contribution in [0.2, 0.25) is 0 Å². The van der Waals surface area contributed by atoms with E-state index in [1.807, 2.05) is 32.9 Å². The Morgan fingerprint density at radius 1 is 1.06 bits per heavy atom. The minimum atomic E-state index is -0.820. The zero-order chi connectivity index (χ0) is 24.8. The molecule has 0 radical (unpaired) electrons. The Morgan fingerprint density at radius 2 is 1.71 bits per heavy atom. The average molecular weight is 465 g/mol. The third-order valence-corrected chi connectivity index (χ3v) is 5.07. The van der Waals surface area contributed by atoms with Crippen molar-refractivity contribution in [2.24, 2.45) is 5.92 Å². The van der Waals surface area contributed by atoms with Crippen molar-refractivity contribution in [1.82, 2.24) is 14.7 Å². The minimum Gasteiger partial charge on any atom is -0.451 e. The molecule has 0 aliphatic heterocycles. The number of aryl methyl sites for hydroxylation is 1. The molecule has 178 valence electrons. The van der Waals surface area contributed by atoms with Gasteiger partial charge in [0.2, 0.25) is 5.91 Å². The minimum absolute atomic E-state index is 0.0385. The molecule has 0 spiro atoms. The number of aromatic nitrogens is 2. The first-order valence-corrected chi connectivity index (χ1v) is 10.9. The first kappa shape index (κ1) is 24.6. The van der Waals surface area contributed by atoms with Crippen LogP contribution in [-0.4, -0.2) is 52.7 Å². The highest BCUT2D eigenvalue weighted by molar-refractivity contribution is 6.02. The van der Waals surface area contributed by atoms with Crippen molar-refractivity contribution < 1.29 is 19.1 Å². The van der Waals surface area contributed by atoms with Crippen LogP contribution in [0, 0.1) is 12.8 Å². The van der Waals surface area contributed by atoms with E-state index in [0.717, 1.165) is 5.56 Å². The van der Waals surface area contributed by atoms with E-state index < -0.39 is 18.5 Å². The molecule has 0 fully saturated rings. The molecule has 0 aliphatic carbocycles. The van der Waals surface area contributed by atoms with Gasteiger partial charge >= 0.3 is 5.97 Å². The zero-order valence-corrected chi connectivity index (χ0v) is 19.7. The number of esters is 1. The maximum absolute atomic E-state index is 12.8. The second-order valence-corrected chi connectivity index (χ2v) is 8.52. The molecule has 3 aromatic rings. The fourth-order valence-corrected chi connectivity index (χ4v) is 3.30. The molecular formula is C25H28N4O5. The molecule has 0 saturated carbocycles. The number of ether oxygens (including phenoxy) is 1. The Kier molecular flexibility index (Phi) is 7.78. The molecule has 9 nitrogen and oxygen atoms in total. The number of hydrogen-bond donors (Lipinski definition) is 1. The summed E-state index contributed by atoms with van der Waals surface area (Å²) in [5.41, 5.74) is 1.35. The van der Waals surface area contributed by atoms with Gasteiger partial charge in [0.15, 0.2) is 12.3 Å². The number of hydrogen-bond acceptors (Lipinski definition) is 6. The van der Waals surface area contributed by atoms with E-state index in [2.05, 4.69) is 10.4 Å². The molecule has 34 heavy (non-hydrogen) atoms. The number of nitrogens with one attached hydrogen (secondary N) is 1. The zero-order valence-electron chi connectivity index (χ0n) is 19.7. The predicted molar refractivity (Wildman–Crippen MR) is 129 cm³/mol. The number of rotatable bonds is 8. The van der Waals surface area contributed by atoms with Gasteiger partial charge < -0.3 is 15.0 Å². The molecule has 0 unspecified atom stereocenters. The van der Waals surface area contributed by atoms with E-state index in [0.29, 0.717) is 23.0 Å². The smallest absolute Gasteiger partial charge is 0.359 e.